The van der Waals surface area contributed by atoms with Crippen molar-refractivity contribution in [2.45, 2.75) is 65.3 Å². The van der Waals surface area contributed by atoms with Crippen LogP contribution in [0.1, 0.15) is 55.7 Å². The molecule has 0 bridgehead atoms. The van der Waals surface area contributed by atoms with E-state index in [-0.39, 0.29) is 0 Å². The fourth-order valence-electron chi connectivity index (χ4n) is 2.64. The molecular formula is C17H29N. The molecule has 0 aliphatic carbocycles. The first-order valence-electron chi connectivity index (χ1n) is 7.40. The van der Waals surface area contributed by atoms with Crippen molar-refractivity contribution in [2.24, 2.45) is 0 Å². The smallest absolute Gasteiger partial charge is 0.0104 e. The first-order chi connectivity index (χ1) is 8.65. The highest BCUT2D eigenvalue weighted by Crippen LogP contribution is 2.14. The van der Waals surface area contributed by atoms with E-state index in [9.17, 15) is 0 Å². The fraction of sp³-hybridized carbons (Fsp3) is 0.647. The molecule has 0 aromatic heterocycles. The summed E-state index contributed by atoms with van der Waals surface area (Å²) in [6, 6.07) is 7.52. The van der Waals surface area contributed by atoms with Gasteiger partial charge in [0.1, 0.15) is 0 Å². The number of nitrogens with one attached hydrogen (secondary N) is 1. The first kappa shape index (κ1) is 15.2. The van der Waals surface area contributed by atoms with E-state index in [1.54, 1.807) is 0 Å². The molecule has 0 radical (unpaired) electrons. The van der Waals surface area contributed by atoms with Crippen molar-refractivity contribution in [3.63, 3.8) is 0 Å². The van der Waals surface area contributed by atoms with Crippen LogP contribution in [0.15, 0.2) is 18.2 Å². The number of rotatable bonds is 8. The van der Waals surface area contributed by atoms with Crippen molar-refractivity contribution in [1.82, 2.24) is 5.32 Å². The highest BCUT2D eigenvalue weighted by Gasteiger charge is 2.07. The number of unbranched alkanes of at least 4 members (excludes halogenated alkanes) is 3. The van der Waals surface area contributed by atoms with E-state index in [4.69, 9.17) is 0 Å². The van der Waals surface area contributed by atoms with Crippen LogP contribution in [0.25, 0.3) is 0 Å². The third-order valence-corrected chi connectivity index (χ3v) is 3.58. The van der Waals surface area contributed by atoms with Crippen LogP contribution in [0, 0.1) is 13.8 Å². The SMILES string of the molecule is CCCCCCC(Cc1cc(C)cc(C)c1)NC. The molecule has 0 amide bonds. The molecule has 18 heavy (non-hydrogen) atoms. The Hall–Kier alpha value is -0.820. The third-order valence-electron chi connectivity index (χ3n) is 3.58. The Bertz CT molecular complexity index is 323. The summed E-state index contributed by atoms with van der Waals surface area (Å²) in [6.07, 6.45) is 7.88. The van der Waals surface area contributed by atoms with Gasteiger partial charge in [-0.05, 0) is 39.3 Å². The first-order valence-corrected chi connectivity index (χ1v) is 7.40. The number of aryl methyl sites for hydroxylation is 2. The standard InChI is InChI=1S/C17H29N/c1-5-6-7-8-9-17(18-4)13-16-11-14(2)10-15(3)12-16/h10-12,17-18H,5-9,13H2,1-4H3. The average Bonchev–Trinajstić information content (AvgIpc) is 2.32. The average molecular weight is 247 g/mol. The summed E-state index contributed by atoms with van der Waals surface area (Å²) in [5.41, 5.74) is 4.24. The summed E-state index contributed by atoms with van der Waals surface area (Å²) in [4.78, 5) is 0. The van der Waals surface area contributed by atoms with Crippen LogP contribution < -0.4 is 5.32 Å². The lowest BCUT2D eigenvalue weighted by Gasteiger charge is -2.17. The fourth-order valence-corrected chi connectivity index (χ4v) is 2.64. The predicted octanol–water partition coefficient (Wildman–Crippen LogP) is 4.40. The Labute approximate surface area is 113 Å². The van der Waals surface area contributed by atoms with E-state index >= 15 is 0 Å². The molecule has 1 unspecified atom stereocenters. The minimum atomic E-state index is 0.628. The second-order valence-electron chi connectivity index (χ2n) is 5.54. The minimum Gasteiger partial charge on any atom is -0.317 e. The van der Waals surface area contributed by atoms with Gasteiger partial charge in [-0.2, -0.15) is 0 Å². The molecule has 0 aliphatic rings. The van der Waals surface area contributed by atoms with Crippen molar-refractivity contribution in [3.8, 4) is 0 Å². The van der Waals surface area contributed by atoms with E-state index in [1.165, 1.54) is 48.8 Å². The van der Waals surface area contributed by atoms with Crippen LogP contribution >= 0.6 is 0 Å². The molecule has 1 aromatic carbocycles. The third kappa shape index (κ3) is 5.68. The quantitative estimate of drug-likeness (QED) is 0.671. The zero-order valence-corrected chi connectivity index (χ0v) is 12.6. The highest BCUT2D eigenvalue weighted by molar-refractivity contribution is 5.29. The number of hydrogen-bond acceptors (Lipinski definition) is 1. The normalized spacial score (nSPS) is 12.7. The molecule has 1 rings (SSSR count). The molecule has 102 valence electrons. The van der Waals surface area contributed by atoms with Crippen LogP contribution in [0.5, 0.6) is 0 Å². The molecule has 0 aliphatic heterocycles. The second kappa shape index (κ2) is 8.31. The van der Waals surface area contributed by atoms with Gasteiger partial charge >= 0.3 is 0 Å². The van der Waals surface area contributed by atoms with Crippen LogP contribution in [0.4, 0.5) is 0 Å². The molecule has 1 atom stereocenters. The molecule has 0 fully saturated rings. The monoisotopic (exact) mass is 247 g/mol. The Balaban J connectivity index is 2.46. The number of hydrogen-bond donors (Lipinski definition) is 1. The van der Waals surface area contributed by atoms with Crippen molar-refractivity contribution in [1.29, 1.82) is 0 Å². The van der Waals surface area contributed by atoms with Gasteiger partial charge in [0.2, 0.25) is 0 Å². The van der Waals surface area contributed by atoms with Gasteiger partial charge in [0.15, 0.2) is 0 Å². The Morgan fingerprint density at radius 3 is 2.22 bits per heavy atom. The molecule has 0 spiro atoms. The summed E-state index contributed by atoms with van der Waals surface area (Å²) in [6.45, 7) is 6.64. The van der Waals surface area contributed by atoms with Gasteiger partial charge < -0.3 is 5.32 Å². The predicted molar refractivity (Wildman–Crippen MR) is 81.2 cm³/mol. The lowest BCUT2D eigenvalue weighted by atomic mass is 9.97. The molecule has 1 N–H and O–H groups in total. The molecular weight excluding hydrogens is 218 g/mol. The van der Waals surface area contributed by atoms with Gasteiger partial charge in [-0.25, -0.2) is 0 Å². The Morgan fingerprint density at radius 2 is 1.67 bits per heavy atom. The van der Waals surface area contributed by atoms with Crippen molar-refractivity contribution >= 4 is 0 Å². The van der Waals surface area contributed by atoms with Crippen LogP contribution in [-0.4, -0.2) is 13.1 Å². The second-order valence-corrected chi connectivity index (χ2v) is 5.54. The summed E-state index contributed by atoms with van der Waals surface area (Å²) >= 11 is 0. The van der Waals surface area contributed by atoms with Gasteiger partial charge in [0.05, 0.1) is 0 Å². The molecule has 0 saturated heterocycles. The van der Waals surface area contributed by atoms with E-state index < -0.39 is 0 Å². The topological polar surface area (TPSA) is 12.0 Å². The van der Waals surface area contributed by atoms with Crippen LogP contribution in [0.3, 0.4) is 0 Å². The lowest BCUT2D eigenvalue weighted by molar-refractivity contribution is 0.485. The zero-order valence-electron chi connectivity index (χ0n) is 12.6. The van der Waals surface area contributed by atoms with Crippen molar-refractivity contribution in [3.05, 3.63) is 34.9 Å². The van der Waals surface area contributed by atoms with Crippen LogP contribution in [-0.2, 0) is 6.42 Å². The zero-order chi connectivity index (χ0) is 13.4. The highest BCUT2D eigenvalue weighted by atomic mass is 14.9. The summed E-state index contributed by atoms with van der Waals surface area (Å²) in [5.74, 6) is 0. The van der Waals surface area contributed by atoms with Crippen molar-refractivity contribution in [2.75, 3.05) is 7.05 Å². The maximum atomic E-state index is 3.47. The summed E-state index contributed by atoms with van der Waals surface area (Å²) < 4.78 is 0. The van der Waals surface area contributed by atoms with Gasteiger partial charge in [-0.3, -0.25) is 0 Å². The largest absolute Gasteiger partial charge is 0.317 e. The van der Waals surface area contributed by atoms with Gasteiger partial charge in [-0.1, -0.05) is 61.9 Å². The molecule has 1 nitrogen and oxygen atoms in total. The van der Waals surface area contributed by atoms with Gasteiger partial charge in [0.25, 0.3) is 0 Å². The van der Waals surface area contributed by atoms with Crippen molar-refractivity contribution < 1.29 is 0 Å². The maximum Gasteiger partial charge on any atom is 0.0104 e. The number of benzene rings is 1. The Morgan fingerprint density at radius 1 is 1.00 bits per heavy atom. The molecule has 1 aromatic rings. The summed E-state index contributed by atoms with van der Waals surface area (Å²) in [5, 5.41) is 3.47. The van der Waals surface area contributed by atoms with E-state index in [2.05, 4.69) is 51.3 Å². The molecule has 1 heteroatoms. The minimum absolute atomic E-state index is 0.628. The lowest BCUT2D eigenvalue weighted by Crippen LogP contribution is -2.27. The van der Waals surface area contributed by atoms with E-state index in [0.717, 1.165) is 6.42 Å². The van der Waals surface area contributed by atoms with Crippen LogP contribution in [0.2, 0.25) is 0 Å². The molecule has 0 heterocycles. The van der Waals surface area contributed by atoms with E-state index in [0.29, 0.717) is 6.04 Å². The molecule has 0 saturated carbocycles. The Kier molecular flexibility index (Phi) is 7.04. The maximum absolute atomic E-state index is 3.47. The van der Waals surface area contributed by atoms with Gasteiger partial charge in [-0.15, -0.1) is 0 Å². The van der Waals surface area contributed by atoms with Gasteiger partial charge in [0, 0.05) is 6.04 Å². The number of likely N-dealkylation sites (N-methyl/N-ethyl adjacent to an activating group) is 1. The van der Waals surface area contributed by atoms with E-state index in [1.807, 2.05) is 0 Å². The summed E-state index contributed by atoms with van der Waals surface area (Å²) in [7, 11) is 2.09.